The minimum atomic E-state index is 0.562. The lowest BCUT2D eigenvalue weighted by molar-refractivity contribution is 0.145. The maximum atomic E-state index is 5.56. The largest absolute Gasteiger partial charge is 0.400 e. The zero-order valence-corrected chi connectivity index (χ0v) is 5.39. The average molecular weight is 128 g/mol. The van der Waals surface area contributed by atoms with Crippen LogP contribution in [0.25, 0.3) is 0 Å². The molecule has 0 bridgehead atoms. The molecular weight excluding hydrogens is 116 g/mol. The Morgan fingerprint density at radius 2 is 2.33 bits per heavy atom. The predicted octanol–water partition coefficient (Wildman–Crippen LogP) is -0.422. The zero-order valence-electron chi connectivity index (χ0n) is 5.39. The molecule has 0 aromatic rings. The molecule has 1 rings (SSSR count). The van der Waals surface area contributed by atoms with E-state index < -0.39 is 0 Å². The van der Waals surface area contributed by atoms with Gasteiger partial charge in [0.25, 0.3) is 0 Å². The molecule has 0 saturated carbocycles. The molecule has 0 saturated heterocycles. The van der Waals surface area contributed by atoms with Gasteiger partial charge in [-0.05, 0) is 12.0 Å². The van der Waals surface area contributed by atoms with Crippen molar-refractivity contribution in [2.24, 2.45) is 11.5 Å². The lowest BCUT2D eigenvalue weighted by atomic mass is 10.1. The van der Waals surface area contributed by atoms with Crippen LogP contribution in [-0.4, -0.2) is 19.8 Å². The number of hydrogen-bond donors (Lipinski definition) is 2. The lowest BCUT2D eigenvalue weighted by Crippen LogP contribution is -2.21. The normalized spacial score (nSPS) is 20.6. The Kier molecular flexibility index (Phi) is 2.08. The Balaban J connectivity index is 2.59. The highest BCUT2D eigenvalue weighted by Gasteiger charge is 2.07. The molecule has 3 nitrogen and oxygen atoms in total. The summed E-state index contributed by atoms with van der Waals surface area (Å²) in [5.74, 6) is 0. The van der Waals surface area contributed by atoms with Crippen molar-refractivity contribution in [2.45, 2.75) is 6.42 Å². The molecule has 0 radical (unpaired) electrons. The van der Waals surface area contributed by atoms with Crippen molar-refractivity contribution in [1.82, 2.24) is 0 Å². The van der Waals surface area contributed by atoms with E-state index in [0.29, 0.717) is 13.2 Å². The maximum Gasteiger partial charge on any atom is 0.0860 e. The first-order chi connectivity index (χ1) is 4.34. The van der Waals surface area contributed by atoms with E-state index in [0.717, 1.165) is 24.3 Å². The van der Waals surface area contributed by atoms with Crippen LogP contribution in [0.2, 0.25) is 0 Å². The van der Waals surface area contributed by atoms with E-state index in [1.54, 1.807) is 0 Å². The van der Waals surface area contributed by atoms with Crippen LogP contribution in [0, 0.1) is 0 Å². The SMILES string of the molecule is NCC1=C(N)COCC1. The molecular formula is C6H12N2O. The van der Waals surface area contributed by atoms with Gasteiger partial charge in [-0.3, -0.25) is 0 Å². The molecule has 1 heterocycles. The second-order valence-electron chi connectivity index (χ2n) is 2.14. The summed E-state index contributed by atoms with van der Waals surface area (Å²) in [7, 11) is 0. The lowest BCUT2D eigenvalue weighted by Gasteiger charge is -2.15. The van der Waals surface area contributed by atoms with Crippen LogP contribution in [0.15, 0.2) is 11.3 Å². The topological polar surface area (TPSA) is 61.3 Å². The highest BCUT2D eigenvalue weighted by atomic mass is 16.5. The van der Waals surface area contributed by atoms with Gasteiger partial charge < -0.3 is 16.2 Å². The van der Waals surface area contributed by atoms with E-state index in [9.17, 15) is 0 Å². The molecule has 0 spiro atoms. The Hall–Kier alpha value is -0.540. The summed E-state index contributed by atoms with van der Waals surface area (Å²) < 4.78 is 5.08. The van der Waals surface area contributed by atoms with Crippen molar-refractivity contribution < 1.29 is 4.74 Å². The molecule has 0 aromatic carbocycles. The van der Waals surface area contributed by atoms with Gasteiger partial charge in [0.1, 0.15) is 0 Å². The number of hydrogen-bond acceptors (Lipinski definition) is 3. The van der Waals surface area contributed by atoms with Crippen LogP contribution < -0.4 is 11.5 Å². The Morgan fingerprint density at radius 3 is 2.78 bits per heavy atom. The highest BCUT2D eigenvalue weighted by Crippen LogP contribution is 2.08. The molecule has 3 heteroatoms. The minimum Gasteiger partial charge on any atom is -0.400 e. The second-order valence-corrected chi connectivity index (χ2v) is 2.14. The monoisotopic (exact) mass is 128 g/mol. The van der Waals surface area contributed by atoms with Gasteiger partial charge in [0.05, 0.1) is 13.2 Å². The van der Waals surface area contributed by atoms with Gasteiger partial charge >= 0.3 is 0 Å². The van der Waals surface area contributed by atoms with Gasteiger partial charge in [0.2, 0.25) is 0 Å². The summed E-state index contributed by atoms with van der Waals surface area (Å²) in [6.07, 6.45) is 0.905. The Bertz CT molecular complexity index is 131. The summed E-state index contributed by atoms with van der Waals surface area (Å²) in [5, 5.41) is 0. The molecule has 4 N–H and O–H groups in total. The minimum absolute atomic E-state index is 0.562. The van der Waals surface area contributed by atoms with Gasteiger partial charge in [-0.15, -0.1) is 0 Å². The van der Waals surface area contributed by atoms with E-state index in [1.807, 2.05) is 0 Å². The van der Waals surface area contributed by atoms with E-state index >= 15 is 0 Å². The Morgan fingerprint density at radius 1 is 1.56 bits per heavy atom. The van der Waals surface area contributed by atoms with Gasteiger partial charge in [-0.1, -0.05) is 0 Å². The summed E-state index contributed by atoms with van der Waals surface area (Å²) in [4.78, 5) is 0. The van der Waals surface area contributed by atoms with E-state index in [-0.39, 0.29) is 0 Å². The van der Waals surface area contributed by atoms with Crippen LogP contribution in [0.3, 0.4) is 0 Å². The van der Waals surface area contributed by atoms with Gasteiger partial charge in [-0.25, -0.2) is 0 Å². The highest BCUT2D eigenvalue weighted by molar-refractivity contribution is 5.14. The molecule has 0 amide bonds. The third-order valence-corrected chi connectivity index (χ3v) is 1.51. The molecule has 9 heavy (non-hydrogen) atoms. The molecule has 1 aliphatic heterocycles. The first kappa shape index (κ1) is 6.58. The van der Waals surface area contributed by atoms with Crippen LogP contribution in [0.1, 0.15) is 6.42 Å². The van der Waals surface area contributed by atoms with Gasteiger partial charge in [-0.2, -0.15) is 0 Å². The predicted molar refractivity (Wildman–Crippen MR) is 35.7 cm³/mol. The fourth-order valence-corrected chi connectivity index (χ4v) is 0.873. The van der Waals surface area contributed by atoms with Crippen molar-refractivity contribution in [2.75, 3.05) is 19.8 Å². The molecule has 0 atom stereocenters. The van der Waals surface area contributed by atoms with E-state index in [4.69, 9.17) is 16.2 Å². The van der Waals surface area contributed by atoms with Crippen molar-refractivity contribution in [1.29, 1.82) is 0 Å². The van der Waals surface area contributed by atoms with E-state index in [1.165, 1.54) is 0 Å². The summed E-state index contributed by atoms with van der Waals surface area (Å²) in [5.41, 5.74) is 12.9. The van der Waals surface area contributed by atoms with Crippen molar-refractivity contribution in [3.63, 3.8) is 0 Å². The Labute approximate surface area is 54.7 Å². The fourth-order valence-electron chi connectivity index (χ4n) is 0.873. The summed E-state index contributed by atoms with van der Waals surface area (Å²) >= 11 is 0. The average Bonchev–Trinajstić information content (AvgIpc) is 1.89. The standard InChI is InChI=1S/C6H12N2O/c7-3-5-1-2-9-4-6(5)8/h1-4,7-8H2. The maximum absolute atomic E-state index is 5.56. The first-order valence-electron chi connectivity index (χ1n) is 3.08. The zero-order chi connectivity index (χ0) is 6.69. The van der Waals surface area contributed by atoms with Crippen LogP contribution in [0.5, 0.6) is 0 Å². The second kappa shape index (κ2) is 2.85. The number of rotatable bonds is 1. The number of nitrogens with two attached hydrogens (primary N) is 2. The van der Waals surface area contributed by atoms with Crippen LogP contribution in [0.4, 0.5) is 0 Å². The van der Waals surface area contributed by atoms with Crippen molar-refractivity contribution in [3.05, 3.63) is 11.3 Å². The summed E-state index contributed by atoms with van der Waals surface area (Å²) in [6, 6.07) is 0. The van der Waals surface area contributed by atoms with Crippen LogP contribution >= 0.6 is 0 Å². The fraction of sp³-hybridized carbons (Fsp3) is 0.667. The third-order valence-electron chi connectivity index (χ3n) is 1.51. The molecule has 0 fully saturated rings. The molecule has 0 aliphatic carbocycles. The molecule has 0 aromatic heterocycles. The quantitative estimate of drug-likeness (QED) is 0.504. The first-order valence-corrected chi connectivity index (χ1v) is 3.08. The smallest absolute Gasteiger partial charge is 0.0860 e. The molecule has 1 aliphatic rings. The van der Waals surface area contributed by atoms with E-state index in [2.05, 4.69) is 0 Å². The van der Waals surface area contributed by atoms with Gasteiger partial charge in [0, 0.05) is 12.2 Å². The number of ether oxygens (including phenoxy) is 1. The van der Waals surface area contributed by atoms with Crippen LogP contribution in [-0.2, 0) is 4.74 Å². The summed E-state index contributed by atoms with van der Waals surface area (Å²) in [6.45, 7) is 1.91. The van der Waals surface area contributed by atoms with Crippen molar-refractivity contribution >= 4 is 0 Å². The third kappa shape index (κ3) is 1.43. The molecule has 52 valence electrons. The van der Waals surface area contributed by atoms with Gasteiger partial charge in [0.15, 0.2) is 0 Å². The molecule has 0 unspecified atom stereocenters. The van der Waals surface area contributed by atoms with Crippen molar-refractivity contribution in [3.8, 4) is 0 Å².